The van der Waals surface area contributed by atoms with Crippen LogP contribution in [0.1, 0.15) is 39.0 Å². The van der Waals surface area contributed by atoms with Gasteiger partial charge in [-0.1, -0.05) is 44.4 Å². The quantitative estimate of drug-likeness (QED) is 0.611. The molecule has 1 fully saturated rings. The van der Waals surface area contributed by atoms with E-state index in [0.29, 0.717) is 12.5 Å². The van der Waals surface area contributed by atoms with E-state index in [4.69, 9.17) is 10.6 Å². The lowest BCUT2D eigenvalue weighted by molar-refractivity contribution is 0.165. The van der Waals surface area contributed by atoms with Crippen molar-refractivity contribution in [3.63, 3.8) is 0 Å². The number of nitrogens with one attached hydrogen (secondary N) is 1. The molecular formula is C16H26N2O. The van der Waals surface area contributed by atoms with E-state index in [1.54, 1.807) is 0 Å². The predicted octanol–water partition coefficient (Wildman–Crippen LogP) is 3.11. The summed E-state index contributed by atoms with van der Waals surface area (Å²) in [5.41, 5.74) is 2.95. The molecule has 106 valence electrons. The number of hydrogen-bond acceptors (Lipinski definition) is 3. The Labute approximate surface area is 116 Å². The van der Waals surface area contributed by atoms with Crippen molar-refractivity contribution in [3.8, 4) is 5.75 Å². The first-order valence-corrected chi connectivity index (χ1v) is 7.47. The zero-order valence-electron chi connectivity index (χ0n) is 11.8. The van der Waals surface area contributed by atoms with Crippen molar-refractivity contribution in [1.29, 1.82) is 0 Å². The van der Waals surface area contributed by atoms with Gasteiger partial charge in [0, 0.05) is 0 Å². The molecule has 3 heteroatoms. The molecule has 0 radical (unpaired) electrons. The van der Waals surface area contributed by atoms with Crippen molar-refractivity contribution in [2.24, 2.45) is 17.7 Å². The van der Waals surface area contributed by atoms with Crippen LogP contribution in [0, 0.1) is 11.8 Å². The predicted molar refractivity (Wildman–Crippen MR) is 78.8 cm³/mol. The molecule has 2 rings (SSSR count). The molecule has 0 aromatic heterocycles. The number of hydrazine groups is 1. The van der Waals surface area contributed by atoms with E-state index >= 15 is 0 Å². The van der Waals surface area contributed by atoms with Crippen LogP contribution in [0.25, 0.3) is 0 Å². The molecule has 1 aromatic carbocycles. The average molecular weight is 262 g/mol. The van der Waals surface area contributed by atoms with Crippen LogP contribution in [0.2, 0.25) is 0 Å². The summed E-state index contributed by atoms with van der Waals surface area (Å²) in [4.78, 5) is 0. The molecule has 1 aromatic rings. The van der Waals surface area contributed by atoms with Crippen molar-refractivity contribution < 1.29 is 4.74 Å². The number of ether oxygens (including phenoxy) is 1. The zero-order chi connectivity index (χ0) is 13.5. The Balaban J connectivity index is 1.80. The van der Waals surface area contributed by atoms with Crippen molar-refractivity contribution in [1.82, 2.24) is 5.43 Å². The van der Waals surface area contributed by atoms with Gasteiger partial charge in [0.05, 0.1) is 6.04 Å². The third-order valence-electron chi connectivity index (χ3n) is 4.42. The lowest BCUT2D eigenvalue weighted by Crippen LogP contribution is -2.46. The van der Waals surface area contributed by atoms with E-state index in [0.717, 1.165) is 11.7 Å². The number of rotatable bonds is 6. The summed E-state index contributed by atoms with van der Waals surface area (Å²) in [6.07, 6.45) is 6.53. The highest BCUT2D eigenvalue weighted by atomic mass is 16.5. The topological polar surface area (TPSA) is 47.3 Å². The minimum atomic E-state index is 0.262. The molecule has 3 nitrogen and oxygen atoms in total. The van der Waals surface area contributed by atoms with Gasteiger partial charge in [-0.15, -0.1) is 0 Å². The Hall–Kier alpha value is -1.06. The fourth-order valence-electron chi connectivity index (χ4n) is 3.02. The van der Waals surface area contributed by atoms with E-state index < -0.39 is 0 Å². The molecule has 1 unspecified atom stereocenters. The van der Waals surface area contributed by atoms with Gasteiger partial charge < -0.3 is 4.74 Å². The fourth-order valence-corrected chi connectivity index (χ4v) is 3.02. The highest BCUT2D eigenvalue weighted by Crippen LogP contribution is 2.32. The standard InChI is InChI=1S/C16H26N2O/c1-2-13-8-10-14(11-9-13)16(18-17)12-19-15-6-4-3-5-7-15/h3-7,13-14,16,18H,2,8-12,17H2,1H3. The molecule has 19 heavy (non-hydrogen) atoms. The van der Waals surface area contributed by atoms with Crippen molar-refractivity contribution in [3.05, 3.63) is 30.3 Å². The molecule has 1 saturated carbocycles. The van der Waals surface area contributed by atoms with Crippen molar-refractivity contribution in [2.45, 2.75) is 45.1 Å². The number of para-hydroxylation sites is 1. The molecule has 0 spiro atoms. The van der Waals surface area contributed by atoms with E-state index in [2.05, 4.69) is 12.3 Å². The molecule has 1 aliphatic carbocycles. The van der Waals surface area contributed by atoms with Gasteiger partial charge in [0.25, 0.3) is 0 Å². The summed E-state index contributed by atoms with van der Waals surface area (Å²) < 4.78 is 5.82. The molecule has 0 amide bonds. The Morgan fingerprint density at radius 3 is 2.47 bits per heavy atom. The Morgan fingerprint density at radius 1 is 1.21 bits per heavy atom. The van der Waals surface area contributed by atoms with E-state index in [1.807, 2.05) is 30.3 Å². The second-order valence-corrected chi connectivity index (χ2v) is 5.59. The van der Waals surface area contributed by atoms with Gasteiger partial charge in [-0.2, -0.15) is 0 Å². The summed E-state index contributed by atoms with van der Waals surface area (Å²) >= 11 is 0. The van der Waals surface area contributed by atoms with Gasteiger partial charge in [-0.3, -0.25) is 11.3 Å². The van der Waals surface area contributed by atoms with Gasteiger partial charge in [-0.05, 0) is 36.8 Å². The molecule has 0 aliphatic heterocycles. The number of nitrogens with two attached hydrogens (primary N) is 1. The van der Waals surface area contributed by atoms with Crippen LogP contribution >= 0.6 is 0 Å². The van der Waals surface area contributed by atoms with Gasteiger partial charge in [0.15, 0.2) is 0 Å². The maximum Gasteiger partial charge on any atom is 0.119 e. The summed E-state index contributed by atoms with van der Waals surface area (Å²) in [5.74, 6) is 8.20. The van der Waals surface area contributed by atoms with Crippen molar-refractivity contribution >= 4 is 0 Å². The lowest BCUT2D eigenvalue weighted by atomic mass is 9.78. The van der Waals surface area contributed by atoms with Crippen LogP contribution in [0.3, 0.4) is 0 Å². The third kappa shape index (κ3) is 4.22. The second-order valence-electron chi connectivity index (χ2n) is 5.59. The number of hydrogen-bond donors (Lipinski definition) is 2. The first kappa shape index (κ1) is 14.4. The smallest absolute Gasteiger partial charge is 0.119 e. The minimum Gasteiger partial charge on any atom is -0.492 e. The van der Waals surface area contributed by atoms with Crippen LogP contribution in [0.4, 0.5) is 0 Å². The maximum absolute atomic E-state index is 5.82. The maximum atomic E-state index is 5.82. The Kier molecular flexibility index (Phi) is 5.67. The van der Waals surface area contributed by atoms with Crippen LogP contribution in [-0.2, 0) is 0 Å². The van der Waals surface area contributed by atoms with Gasteiger partial charge in [0.2, 0.25) is 0 Å². The second kappa shape index (κ2) is 7.51. The van der Waals surface area contributed by atoms with E-state index in [9.17, 15) is 0 Å². The zero-order valence-corrected chi connectivity index (χ0v) is 11.8. The summed E-state index contributed by atoms with van der Waals surface area (Å²) in [5, 5.41) is 0. The molecule has 0 saturated heterocycles. The molecule has 0 bridgehead atoms. The Bertz CT molecular complexity index is 347. The molecule has 1 aliphatic rings. The van der Waals surface area contributed by atoms with Gasteiger partial charge >= 0.3 is 0 Å². The highest BCUT2D eigenvalue weighted by Gasteiger charge is 2.26. The molecule has 0 heterocycles. The largest absolute Gasteiger partial charge is 0.492 e. The third-order valence-corrected chi connectivity index (χ3v) is 4.42. The van der Waals surface area contributed by atoms with Crippen LogP contribution in [0.5, 0.6) is 5.75 Å². The SMILES string of the molecule is CCC1CCC(C(COc2ccccc2)NN)CC1. The summed E-state index contributed by atoms with van der Waals surface area (Å²) in [6.45, 7) is 2.95. The first-order valence-electron chi connectivity index (χ1n) is 7.47. The first-order chi connectivity index (χ1) is 9.33. The average Bonchev–Trinajstić information content (AvgIpc) is 2.49. The Morgan fingerprint density at radius 2 is 1.89 bits per heavy atom. The van der Waals surface area contributed by atoms with Crippen molar-refractivity contribution in [2.75, 3.05) is 6.61 Å². The molecule has 1 atom stereocenters. The molecular weight excluding hydrogens is 236 g/mol. The lowest BCUT2D eigenvalue weighted by Gasteiger charge is -2.33. The number of benzene rings is 1. The van der Waals surface area contributed by atoms with Gasteiger partial charge in [0.1, 0.15) is 12.4 Å². The van der Waals surface area contributed by atoms with E-state index in [-0.39, 0.29) is 6.04 Å². The minimum absolute atomic E-state index is 0.262. The van der Waals surface area contributed by atoms with Crippen LogP contribution in [0.15, 0.2) is 30.3 Å². The van der Waals surface area contributed by atoms with Crippen LogP contribution < -0.4 is 16.0 Å². The fraction of sp³-hybridized carbons (Fsp3) is 0.625. The normalized spacial score (nSPS) is 24.9. The molecule has 3 N–H and O–H groups in total. The summed E-state index contributed by atoms with van der Waals surface area (Å²) in [7, 11) is 0. The monoisotopic (exact) mass is 262 g/mol. The van der Waals surface area contributed by atoms with Gasteiger partial charge in [-0.25, -0.2) is 0 Å². The van der Waals surface area contributed by atoms with Crippen LogP contribution in [-0.4, -0.2) is 12.6 Å². The van der Waals surface area contributed by atoms with E-state index in [1.165, 1.54) is 32.1 Å². The summed E-state index contributed by atoms with van der Waals surface area (Å²) in [6, 6.07) is 10.2. The highest BCUT2D eigenvalue weighted by molar-refractivity contribution is 5.20.